The van der Waals surface area contributed by atoms with Crippen LogP contribution in [0.3, 0.4) is 0 Å². The summed E-state index contributed by atoms with van der Waals surface area (Å²) in [5, 5.41) is 11.1. The van der Waals surface area contributed by atoms with Gasteiger partial charge in [0.05, 0.1) is 0 Å². The van der Waals surface area contributed by atoms with Gasteiger partial charge in [0.2, 0.25) is 5.91 Å². The lowest BCUT2D eigenvalue weighted by Crippen LogP contribution is -2.44. The molecule has 5 nitrogen and oxygen atoms in total. The quantitative estimate of drug-likeness (QED) is 0.667. The Hall–Kier alpha value is -0.750. The lowest BCUT2D eigenvalue weighted by Gasteiger charge is -2.20. The van der Waals surface area contributed by atoms with E-state index >= 15 is 0 Å². The molecule has 92 valence electrons. The first-order valence-electron chi connectivity index (χ1n) is 5.44. The van der Waals surface area contributed by atoms with Gasteiger partial charge in [-0.3, -0.25) is 9.59 Å². The molecule has 2 N–H and O–H groups in total. The van der Waals surface area contributed by atoms with Crippen LogP contribution >= 0.6 is 11.8 Å². The van der Waals surface area contributed by atoms with E-state index in [1.807, 2.05) is 0 Å². The van der Waals surface area contributed by atoms with Crippen LogP contribution in [0.1, 0.15) is 19.3 Å². The van der Waals surface area contributed by atoms with Crippen LogP contribution in [0, 0.1) is 0 Å². The number of amides is 2. The van der Waals surface area contributed by atoms with E-state index in [1.54, 1.807) is 11.9 Å². The maximum atomic E-state index is 11.8. The van der Waals surface area contributed by atoms with Crippen LogP contribution in [0.2, 0.25) is 0 Å². The highest BCUT2D eigenvalue weighted by Gasteiger charge is 2.29. The number of likely N-dealkylation sites (N-methyl/N-ethyl adjacent to an activating group) is 1. The van der Waals surface area contributed by atoms with E-state index < -0.39 is 0 Å². The smallest absolute Gasteiger partial charge is 0.279 e. The molecule has 1 atom stereocenters. The van der Waals surface area contributed by atoms with Gasteiger partial charge in [-0.1, -0.05) is 11.8 Å². The molecule has 2 amide bonds. The van der Waals surface area contributed by atoms with Crippen molar-refractivity contribution in [2.75, 3.05) is 26.0 Å². The second-order valence-corrected chi connectivity index (χ2v) is 4.83. The molecule has 6 heteroatoms. The third-order valence-electron chi connectivity index (χ3n) is 2.50. The summed E-state index contributed by atoms with van der Waals surface area (Å²) in [6.07, 6.45) is 2.58. The summed E-state index contributed by atoms with van der Waals surface area (Å²) in [6, 6.07) is -0.361. The minimum atomic E-state index is -0.361. The summed E-state index contributed by atoms with van der Waals surface area (Å²) >= 11 is 1.15. The summed E-state index contributed by atoms with van der Waals surface area (Å²) in [4.78, 5) is 24.4. The van der Waals surface area contributed by atoms with Crippen LogP contribution in [0.15, 0.2) is 0 Å². The monoisotopic (exact) mass is 246 g/mol. The maximum Gasteiger partial charge on any atom is 0.279 e. The average molecular weight is 246 g/mol. The molecule has 1 aliphatic heterocycles. The zero-order valence-corrected chi connectivity index (χ0v) is 10.3. The molecule has 0 spiro atoms. The Labute approximate surface area is 99.6 Å². The molecule has 0 aromatic rings. The minimum Gasteiger partial charge on any atom is -0.396 e. The summed E-state index contributed by atoms with van der Waals surface area (Å²) in [5.41, 5.74) is 0. The van der Waals surface area contributed by atoms with Gasteiger partial charge >= 0.3 is 0 Å². The number of hydrogen-bond acceptors (Lipinski definition) is 4. The molecule has 0 aromatic carbocycles. The van der Waals surface area contributed by atoms with E-state index in [0.717, 1.165) is 31.0 Å². The van der Waals surface area contributed by atoms with Crippen molar-refractivity contribution in [3.05, 3.63) is 0 Å². The number of nitrogens with zero attached hydrogens (tertiary/aromatic N) is 1. The van der Waals surface area contributed by atoms with Gasteiger partial charge in [-0.05, 0) is 19.3 Å². The Morgan fingerprint density at radius 2 is 2.31 bits per heavy atom. The van der Waals surface area contributed by atoms with Crippen molar-refractivity contribution >= 4 is 22.9 Å². The van der Waals surface area contributed by atoms with Crippen molar-refractivity contribution in [1.29, 1.82) is 0 Å². The fourth-order valence-corrected chi connectivity index (χ4v) is 2.30. The summed E-state index contributed by atoms with van der Waals surface area (Å²) in [6.45, 7) is 0.878. The molecular weight excluding hydrogens is 228 g/mol. The highest BCUT2D eigenvalue weighted by molar-refractivity contribution is 8.14. The first-order valence-corrected chi connectivity index (χ1v) is 6.43. The van der Waals surface area contributed by atoms with Crippen molar-refractivity contribution in [2.45, 2.75) is 25.3 Å². The van der Waals surface area contributed by atoms with Crippen molar-refractivity contribution in [3.8, 4) is 0 Å². The number of rotatable bonds is 6. The number of thioether (sulfide) groups is 1. The number of aliphatic hydroxyl groups excluding tert-OH is 1. The van der Waals surface area contributed by atoms with Gasteiger partial charge in [-0.2, -0.15) is 0 Å². The van der Waals surface area contributed by atoms with Crippen molar-refractivity contribution in [2.24, 2.45) is 0 Å². The molecular formula is C10H18N2O3S. The van der Waals surface area contributed by atoms with E-state index in [2.05, 4.69) is 5.32 Å². The molecule has 0 radical (unpaired) electrons. The summed E-state index contributed by atoms with van der Waals surface area (Å²) < 4.78 is 0. The molecule has 0 aliphatic carbocycles. The number of carbonyl (C=O) groups is 2. The van der Waals surface area contributed by atoms with Gasteiger partial charge in [-0.15, -0.1) is 0 Å². The van der Waals surface area contributed by atoms with E-state index in [1.165, 1.54) is 0 Å². The molecule has 1 unspecified atom stereocenters. The lowest BCUT2D eigenvalue weighted by molar-refractivity contribution is -0.131. The van der Waals surface area contributed by atoms with Crippen LogP contribution in [-0.4, -0.2) is 53.1 Å². The SMILES string of the molecule is CN(CCCCCO)C(=O)C1CSC(=O)N1. The third-order valence-corrected chi connectivity index (χ3v) is 3.38. The van der Waals surface area contributed by atoms with Crippen LogP contribution in [-0.2, 0) is 4.79 Å². The number of nitrogens with one attached hydrogen (secondary N) is 1. The molecule has 1 saturated heterocycles. The standard InChI is InChI=1S/C10H18N2O3S/c1-12(5-3-2-4-6-13)9(14)8-7-16-10(15)11-8/h8,13H,2-7H2,1H3,(H,11,15). The predicted octanol–water partition coefficient (Wildman–Crippen LogP) is 0.432. The zero-order chi connectivity index (χ0) is 12.0. The fourth-order valence-electron chi connectivity index (χ4n) is 1.53. The summed E-state index contributed by atoms with van der Waals surface area (Å²) in [5.74, 6) is 0.501. The van der Waals surface area contributed by atoms with Crippen LogP contribution in [0.5, 0.6) is 0 Å². The van der Waals surface area contributed by atoms with Gasteiger partial charge in [0.25, 0.3) is 5.24 Å². The Kier molecular flexibility index (Phi) is 5.62. The molecule has 16 heavy (non-hydrogen) atoms. The zero-order valence-electron chi connectivity index (χ0n) is 9.44. The highest BCUT2D eigenvalue weighted by atomic mass is 32.2. The average Bonchev–Trinajstić information content (AvgIpc) is 2.70. The second kappa shape index (κ2) is 6.75. The Morgan fingerprint density at radius 1 is 1.56 bits per heavy atom. The molecule has 1 fully saturated rings. The molecule has 1 aliphatic rings. The topological polar surface area (TPSA) is 69.6 Å². The van der Waals surface area contributed by atoms with Crippen LogP contribution < -0.4 is 5.32 Å². The molecule has 0 bridgehead atoms. The first-order chi connectivity index (χ1) is 7.65. The Balaban J connectivity index is 2.22. The minimum absolute atomic E-state index is 0.0256. The number of aliphatic hydroxyl groups is 1. The van der Waals surface area contributed by atoms with Crippen molar-refractivity contribution in [3.63, 3.8) is 0 Å². The van der Waals surface area contributed by atoms with Crippen LogP contribution in [0.4, 0.5) is 4.79 Å². The normalized spacial score (nSPS) is 19.6. The van der Waals surface area contributed by atoms with Gasteiger partial charge in [0.15, 0.2) is 0 Å². The molecule has 0 saturated carbocycles. The lowest BCUT2D eigenvalue weighted by atomic mass is 10.2. The predicted molar refractivity (Wildman–Crippen MR) is 63.4 cm³/mol. The highest BCUT2D eigenvalue weighted by Crippen LogP contribution is 2.14. The third kappa shape index (κ3) is 4.02. The largest absolute Gasteiger partial charge is 0.396 e. The van der Waals surface area contributed by atoms with Gasteiger partial charge in [-0.25, -0.2) is 0 Å². The number of hydrogen-bond donors (Lipinski definition) is 2. The first kappa shape index (κ1) is 13.3. The molecule has 1 rings (SSSR count). The Bertz CT molecular complexity index is 260. The molecule has 0 aromatic heterocycles. The fraction of sp³-hybridized carbons (Fsp3) is 0.800. The van der Waals surface area contributed by atoms with E-state index in [0.29, 0.717) is 12.3 Å². The maximum absolute atomic E-state index is 11.8. The van der Waals surface area contributed by atoms with Crippen molar-refractivity contribution in [1.82, 2.24) is 10.2 Å². The van der Waals surface area contributed by atoms with Gasteiger partial charge in [0.1, 0.15) is 6.04 Å². The molecule has 1 heterocycles. The van der Waals surface area contributed by atoms with Gasteiger partial charge < -0.3 is 15.3 Å². The Morgan fingerprint density at radius 3 is 2.88 bits per heavy atom. The van der Waals surface area contributed by atoms with E-state index in [-0.39, 0.29) is 23.8 Å². The van der Waals surface area contributed by atoms with Crippen LogP contribution in [0.25, 0.3) is 0 Å². The van der Waals surface area contributed by atoms with E-state index in [4.69, 9.17) is 5.11 Å². The van der Waals surface area contributed by atoms with Gasteiger partial charge in [0, 0.05) is 26.0 Å². The van der Waals surface area contributed by atoms with E-state index in [9.17, 15) is 9.59 Å². The number of carbonyl (C=O) groups excluding carboxylic acids is 2. The summed E-state index contributed by atoms with van der Waals surface area (Å²) in [7, 11) is 1.75. The second-order valence-electron chi connectivity index (χ2n) is 3.84. The number of unbranched alkanes of at least 4 members (excludes halogenated alkanes) is 2. The van der Waals surface area contributed by atoms with Crippen molar-refractivity contribution < 1.29 is 14.7 Å².